The molecule has 0 aliphatic carbocycles. The van der Waals surface area contributed by atoms with E-state index >= 15 is 0 Å². The fourth-order valence-corrected chi connectivity index (χ4v) is 3.99. The first-order valence-corrected chi connectivity index (χ1v) is 13.0. The van der Waals surface area contributed by atoms with Crippen molar-refractivity contribution < 1.29 is 29.0 Å². The number of carbonyl (C=O) groups excluding carboxylic acids is 4. The van der Waals surface area contributed by atoms with E-state index in [-0.39, 0.29) is 30.7 Å². The van der Waals surface area contributed by atoms with Gasteiger partial charge in [-0.25, -0.2) is 4.79 Å². The number of nitrogens with one attached hydrogen (secondary N) is 2. The molecule has 0 bridgehead atoms. The van der Waals surface area contributed by atoms with Crippen LogP contribution in [0.1, 0.15) is 71.0 Å². The van der Waals surface area contributed by atoms with Crippen LogP contribution in [0, 0.1) is 0 Å². The topological polar surface area (TPSA) is 151 Å². The smallest absolute Gasteiger partial charge is 0.408 e. The van der Waals surface area contributed by atoms with E-state index in [0.29, 0.717) is 6.42 Å². The molecule has 0 radical (unpaired) electrons. The van der Waals surface area contributed by atoms with E-state index in [2.05, 4.69) is 10.6 Å². The summed E-state index contributed by atoms with van der Waals surface area (Å²) in [5.74, 6) is -1.93. The van der Waals surface area contributed by atoms with Crippen LogP contribution in [0.2, 0.25) is 0 Å². The molecule has 2 aromatic rings. The molecule has 5 N–H and O–H groups in total. The molecule has 2 aromatic carbocycles. The zero-order valence-electron chi connectivity index (χ0n) is 23.3. The number of para-hydroxylation sites is 1. The maximum atomic E-state index is 14.1. The molecule has 4 amide bonds. The van der Waals surface area contributed by atoms with Crippen molar-refractivity contribution in [2.24, 2.45) is 5.73 Å². The van der Waals surface area contributed by atoms with E-state index in [0.717, 1.165) is 5.56 Å². The highest BCUT2D eigenvalue weighted by Gasteiger charge is 2.39. The van der Waals surface area contributed by atoms with Gasteiger partial charge in [0.1, 0.15) is 23.4 Å². The molecule has 0 saturated heterocycles. The standard InChI is InChI=1S/C29H40N4O6/c1-6-19(2)33(27(37)22(16-17-24(30)35)32-28(38)39-29(3,4)5)25(21-14-10-11-15-23(21)34)26(36)31-18-20-12-8-7-9-13-20/h7-15,19,22,25,34H,6,16-18H2,1-5H3,(H2,30,35)(H,31,36)(H,32,38). The molecule has 39 heavy (non-hydrogen) atoms. The minimum absolute atomic E-state index is 0.0977. The first-order valence-electron chi connectivity index (χ1n) is 13.0. The zero-order valence-corrected chi connectivity index (χ0v) is 23.3. The van der Waals surface area contributed by atoms with Gasteiger partial charge in [0.05, 0.1) is 0 Å². The van der Waals surface area contributed by atoms with E-state index in [1.54, 1.807) is 45.9 Å². The lowest BCUT2D eigenvalue weighted by Crippen LogP contribution is -2.55. The van der Waals surface area contributed by atoms with E-state index in [4.69, 9.17) is 10.5 Å². The second-order valence-electron chi connectivity index (χ2n) is 10.4. The number of benzene rings is 2. The summed E-state index contributed by atoms with van der Waals surface area (Å²) in [4.78, 5) is 53.4. The lowest BCUT2D eigenvalue weighted by Gasteiger charge is -2.38. The Morgan fingerprint density at radius 3 is 2.21 bits per heavy atom. The summed E-state index contributed by atoms with van der Waals surface area (Å²) in [7, 11) is 0. The Kier molecular flexibility index (Phi) is 11.3. The summed E-state index contributed by atoms with van der Waals surface area (Å²) in [5, 5.41) is 16.1. The van der Waals surface area contributed by atoms with Crippen LogP contribution in [0.15, 0.2) is 54.6 Å². The fourth-order valence-electron chi connectivity index (χ4n) is 3.99. The van der Waals surface area contributed by atoms with Crippen molar-refractivity contribution in [3.63, 3.8) is 0 Å². The second-order valence-corrected chi connectivity index (χ2v) is 10.4. The number of carbonyl (C=O) groups is 4. The van der Waals surface area contributed by atoms with Gasteiger partial charge in [0.25, 0.3) is 0 Å². The second kappa shape index (κ2) is 14.2. The lowest BCUT2D eigenvalue weighted by molar-refractivity contribution is -0.145. The molecule has 10 nitrogen and oxygen atoms in total. The number of primary amides is 1. The number of nitrogens with zero attached hydrogens (tertiary/aromatic N) is 1. The average Bonchev–Trinajstić information content (AvgIpc) is 2.87. The molecule has 212 valence electrons. The molecule has 0 fully saturated rings. The summed E-state index contributed by atoms with van der Waals surface area (Å²) >= 11 is 0. The van der Waals surface area contributed by atoms with Crippen molar-refractivity contribution >= 4 is 23.8 Å². The third kappa shape index (κ3) is 9.63. The monoisotopic (exact) mass is 540 g/mol. The quantitative estimate of drug-likeness (QED) is 0.323. The van der Waals surface area contributed by atoms with E-state index in [9.17, 15) is 24.3 Å². The SMILES string of the molecule is CCC(C)N(C(=O)C(CCC(N)=O)NC(=O)OC(C)(C)C)C(C(=O)NCc1ccccc1)c1ccccc1O. The Morgan fingerprint density at radius 1 is 1.03 bits per heavy atom. The molecule has 0 aromatic heterocycles. The molecule has 2 rings (SSSR count). The molecule has 0 aliphatic heterocycles. The van der Waals surface area contributed by atoms with Crippen LogP contribution >= 0.6 is 0 Å². The van der Waals surface area contributed by atoms with Crippen LogP contribution in [0.4, 0.5) is 4.79 Å². The Morgan fingerprint density at radius 2 is 1.64 bits per heavy atom. The highest BCUT2D eigenvalue weighted by Crippen LogP contribution is 2.32. The van der Waals surface area contributed by atoms with E-state index < -0.39 is 47.5 Å². The highest BCUT2D eigenvalue weighted by atomic mass is 16.6. The molecular weight excluding hydrogens is 500 g/mol. The third-order valence-corrected chi connectivity index (χ3v) is 6.06. The Bertz CT molecular complexity index is 1130. The van der Waals surface area contributed by atoms with Crippen LogP contribution in [-0.2, 0) is 25.7 Å². The number of nitrogens with two attached hydrogens (primary N) is 1. The summed E-state index contributed by atoms with van der Waals surface area (Å²) in [6, 6.07) is 12.7. The number of phenols is 1. The predicted molar refractivity (Wildman–Crippen MR) is 147 cm³/mol. The highest BCUT2D eigenvalue weighted by molar-refractivity contribution is 5.93. The molecule has 10 heteroatoms. The van der Waals surface area contributed by atoms with Crippen LogP contribution in [0.3, 0.4) is 0 Å². The van der Waals surface area contributed by atoms with Crippen molar-refractivity contribution in [1.82, 2.24) is 15.5 Å². The number of phenolic OH excluding ortho intramolecular Hbond substituents is 1. The molecular formula is C29H40N4O6. The minimum Gasteiger partial charge on any atom is -0.508 e. The third-order valence-electron chi connectivity index (χ3n) is 6.06. The van der Waals surface area contributed by atoms with Gasteiger partial charge in [-0.15, -0.1) is 0 Å². The van der Waals surface area contributed by atoms with Crippen molar-refractivity contribution in [3.8, 4) is 5.75 Å². The average molecular weight is 541 g/mol. The largest absolute Gasteiger partial charge is 0.508 e. The van der Waals surface area contributed by atoms with Gasteiger partial charge in [0.15, 0.2) is 0 Å². The predicted octanol–water partition coefficient (Wildman–Crippen LogP) is 3.54. The van der Waals surface area contributed by atoms with Crippen LogP contribution < -0.4 is 16.4 Å². The maximum Gasteiger partial charge on any atom is 0.408 e. The minimum atomic E-state index is -1.23. The first kappa shape index (κ1) is 31.1. The van der Waals surface area contributed by atoms with Crippen LogP contribution in [0.5, 0.6) is 5.75 Å². The van der Waals surface area contributed by atoms with Crippen LogP contribution in [-0.4, -0.2) is 51.5 Å². The van der Waals surface area contributed by atoms with Crippen molar-refractivity contribution in [2.75, 3.05) is 0 Å². The Balaban J connectivity index is 2.51. The molecule has 0 saturated carbocycles. The normalized spacial score (nSPS) is 13.5. The number of hydrogen-bond donors (Lipinski definition) is 4. The van der Waals surface area contributed by atoms with Crippen molar-refractivity contribution in [2.45, 2.75) is 84.2 Å². The molecule has 3 atom stereocenters. The molecule has 0 aliphatic rings. The van der Waals surface area contributed by atoms with Crippen molar-refractivity contribution in [1.29, 1.82) is 0 Å². The lowest BCUT2D eigenvalue weighted by atomic mass is 9.98. The van der Waals surface area contributed by atoms with Gasteiger partial charge >= 0.3 is 6.09 Å². The van der Waals surface area contributed by atoms with Gasteiger partial charge in [0, 0.05) is 24.6 Å². The summed E-state index contributed by atoms with van der Waals surface area (Å²) in [6.07, 6.45) is -0.653. The maximum absolute atomic E-state index is 14.1. The van der Waals surface area contributed by atoms with Crippen molar-refractivity contribution in [3.05, 3.63) is 65.7 Å². The van der Waals surface area contributed by atoms with Crippen LogP contribution in [0.25, 0.3) is 0 Å². The number of ether oxygens (including phenoxy) is 1. The number of rotatable bonds is 12. The zero-order chi connectivity index (χ0) is 29.2. The van der Waals surface area contributed by atoms with Gasteiger partial charge in [-0.1, -0.05) is 55.5 Å². The first-order chi connectivity index (χ1) is 18.3. The fraction of sp³-hybridized carbons (Fsp3) is 0.448. The number of amides is 4. The number of aromatic hydroxyl groups is 1. The molecule has 3 unspecified atom stereocenters. The van der Waals surface area contributed by atoms with Gasteiger partial charge in [-0.2, -0.15) is 0 Å². The number of alkyl carbamates (subject to hydrolysis) is 1. The number of hydrogen-bond acceptors (Lipinski definition) is 6. The van der Waals surface area contributed by atoms with Gasteiger partial charge in [0.2, 0.25) is 17.7 Å². The Hall–Kier alpha value is -4.08. The Labute approximate surface area is 229 Å². The van der Waals surface area contributed by atoms with Gasteiger partial charge < -0.3 is 31.1 Å². The van der Waals surface area contributed by atoms with Gasteiger partial charge in [-0.3, -0.25) is 14.4 Å². The van der Waals surface area contributed by atoms with E-state index in [1.807, 2.05) is 37.3 Å². The van der Waals surface area contributed by atoms with E-state index in [1.165, 1.54) is 11.0 Å². The summed E-state index contributed by atoms with van der Waals surface area (Å²) in [6.45, 7) is 8.88. The van der Waals surface area contributed by atoms with Gasteiger partial charge in [-0.05, 0) is 52.2 Å². The summed E-state index contributed by atoms with van der Waals surface area (Å²) in [5.41, 5.74) is 5.60. The summed E-state index contributed by atoms with van der Waals surface area (Å²) < 4.78 is 5.33. The molecule has 0 spiro atoms. The molecule has 0 heterocycles.